The van der Waals surface area contributed by atoms with E-state index in [0.29, 0.717) is 6.54 Å². The first-order valence-electron chi connectivity index (χ1n) is 8.61. The summed E-state index contributed by atoms with van der Waals surface area (Å²) in [5, 5.41) is 11.1. The Morgan fingerprint density at radius 2 is 1.64 bits per heavy atom. The van der Waals surface area contributed by atoms with Crippen molar-refractivity contribution in [2.75, 3.05) is 13.1 Å². The summed E-state index contributed by atoms with van der Waals surface area (Å²) in [6.45, 7) is 2.91. The average molecular weight is 357 g/mol. The van der Waals surface area contributed by atoms with Crippen LogP contribution in [0.4, 0.5) is 0 Å². The molecule has 2 saturated heterocycles. The lowest BCUT2D eigenvalue weighted by Crippen LogP contribution is -2.38. The van der Waals surface area contributed by atoms with Crippen LogP contribution in [0.3, 0.4) is 0 Å². The second-order valence-electron chi connectivity index (χ2n) is 6.95. The predicted molar refractivity (Wildman–Crippen MR) is 97.0 cm³/mol. The number of carbonyl (C=O) groups excluding carboxylic acids is 1. The third-order valence-electron chi connectivity index (χ3n) is 5.27. The Morgan fingerprint density at radius 3 is 2.36 bits per heavy atom. The molecule has 0 aliphatic carbocycles. The molecule has 0 radical (unpaired) electrons. The Kier molecular flexibility index (Phi) is 4.50. The Balaban J connectivity index is 1.47. The molecular weight excluding hydrogens is 336 g/mol. The monoisotopic (exact) mass is 356 g/mol. The minimum absolute atomic E-state index is 0.0106. The van der Waals surface area contributed by atoms with Gasteiger partial charge in [-0.1, -0.05) is 54.1 Å². The van der Waals surface area contributed by atoms with Crippen molar-refractivity contribution < 1.29 is 9.90 Å². The Morgan fingerprint density at radius 1 is 0.960 bits per heavy atom. The maximum absolute atomic E-state index is 12.5. The molecule has 2 aromatic rings. The largest absolute Gasteiger partial charge is 0.383 e. The summed E-state index contributed by atoms with van der Waals surface area (Å²) in [6.07, 6.45) is -0.885. The Hall–Kier alpha value is -1.88. The van der Waals surface area contributed by atoms with Crippen molar-refractivity contribution in [1.29, 1.82) is 0 Å². The first-order chi connectivity index (χ1) is 12.1. The molecule has 0 saturated carbocycles. The average Bonchev–Trinajstić information content (AvgIpc) is 3.12. The summed E-state index contributed by atoms with van der Waals surface area (Å²) in [7, 11) is 0. The van der Waals surface area contributed by atoms with Crippen LogP contribution < -0.4 is 0 Å². The molecule has 2 fully saturated rings. The second-order valence-corrected chi connectivity index (χ2v) is 7.38. The molecule has 1 amide bonds. The van der Waals surface area contributed by atoms with Crippen LogP contribution in [0.1, 0.15) is 11.1 Å². The van der Waals surface area contributed by atoms with Crippen molar-refractivity contribution in [2.45, 2.75) is 25.2 Å². The van der Waals surface area contributed by atoms with E-state index in [0.717, 1.165) is 30.2 Å². The molecule has 1 N–H and O–H groups in total. The number of benzene rings is 2. The summed E-state index contributed by atoms with van der Waals surface area (Å²) in [5.74, 6) is -0.145. The lowest BCUT2D eigenvalue weighted by molar-refractivity contribution is -0.136. The number of fused-ring (bicyclic) bond motifs is 1. The normalized spacial score (nSPS) is 26.2. The van der Waals surface area contributed by atoms with E-state index in [1.165, 1.54) is 5.56 Å². The van der Waals surface area contributed by atoms with Crippen molar-refractivity contribution >= 4 is 17.5 Å². The SMILES string of the molecule is O=C1[C@@H](O)[C@H]2CN(Cc3ccc(Cl)cc3)C[C@H]2N1Cc1ccccc1. The first kappa shape index (κ1) is 16.6. The van der Waals surface area contributed by atoms with E-state index in [1.807, 2.05) is 59.5 Å². The highest BCUT2D eigenvalue weighted by Gasteiger charge is 2.51. The molecule has 2 aliphatic rings. The van der Waals surface area contributed by atoms with Crippen LogP contribution in [0, 0.1) is 5.92 Å². The highest BCUT2D eigenvalue weighted by molar-refractivity contribution is 6.30. The Bertz CT molecular complexity index is 750. The molecule has 25 heavy (non-hydrogen) atoms. The van der Waals surface area contributed by atoms with E-state index in [-0.39, 0.29) is 17.9 Å². The van der Waals surface area contributed by atoms with Gasteiger partial charge < -0.3 is 10.0 Å². The molecule has 0 aromatic heterocycles. The smallest absolute Gasteiger partial charge is 0.252 e. The molecule has 0 bridgehead atoms. The summed E-state index contributed by atoms with van der Waals surface area (Å²) >= 11 is 5.95. The number of rotatable bonds is 4. The van der Waals surface area contributed by atoms with Crippen molar-refractivity contribution in [3.05, 3.63) is 70.7 Å². The topological polar surface area (TPSA) is 43.8 Å². The quantitative estimate of drug-likeness (QED) is 0.915. The molecule has 130 valence electrons. The van der Waals surface area contributed by atoms with E-state index in [9.17, 15) is 9.90 Å². The zero-order valence-corrected chi connectivity index (χ0v) is 14.6. The molecule has 5 heteroatoms. The molecule has 2 heterocycles. The number of carbonyl (C=O) groups is 1. The van der Waals surface area contributed by atoms with Crippen LogP contribution in [0.2, 0.25) is 5.02 Å². The van der Waals surface area contributed by atoms with Crippen molar-refractivity contribution in [3.63, 3.8) is 0 Å². The summed E-state index contributed by atoms with van der Waals surface area (Å²) < 4.78 is 0. The minimum atomic E-state index is -0.885. The third kappa shape index (κ3) is 3.30. The molecule has 2 aliphatic heterocycles. The van der Waals surface area contributed by atoms with Gasteiger partial charge >= 0.3 is 0 Å². The molecule has 0 spiro atoms. The van der Waals surface area contributed by atoms with Crippen molar-refractivity contribution in [1.82, 2.24) is 9.80 Å². The van der Waals surface area contributed by atoms with Gasteiger partial charge in [0.25, 0.3) is 5.91 Å². The maximum atomic E-state index is 12.5. The number of amides is 1. The van der Waals surface area contributed by atoms with Crippen molar-refractivity contribution in [3.8, 4) is 0 Å². The fraction of sp³-hybridized carbons (Fsp3) is 0.350. The fourth-order valence-corrected chi connectivity index (χ4v) is 4.13. The number of halogens is 1. The van der Waals surface area contributed by atoms with Crippen LogP contribution in [0.15, 0.2) is 54.6 Å². The van der Waals surface area contributed by atoms with Crippen LogP contribution in [-0.4, -0.2) is 46.0 Å². The summed E-state index contributed by atoms with van der Waals surface area (Å²) in [5.41, 5.74) is 2.29. The van der Waals surface area contributed by atoms with Gasteiger partial charge in [0.05, 0.1) is 6.04 Å². The second kappa shape index (κ2) is 6.79. The number of hydrogen-bond acceptors (Lipinski definition) is 3. The molecule has 0 unspecified atom stereocenters. The van der Waals surface area contributed by atoms with E-state index in [4.69, 9.17) is 11.6 Å². The molecule has 4 nitrogen and oxygen atoms in total. The van der Waals surface area contributed by atoms with Crippen LogP contribution in [0.5, 0.6) is 0 Å². The van der Waals surface area contributed by atoms with E-state index < -0.39 is 6.10 Å². The minimum Gasteiger partial charge on any atom is -0.383 e. The van der Waals surface area contributed by atoms with Gasteiger partial charge in [-0.25, -0.2) is 0 Å². The van der Waals surface area contributed by atoms with Gasteiger partial charge in [0.1, 0.15) is 6.10 Å². The standard InChI is InChI=1S/C20H21ClN2O2/c21-16-8-6-15(7-9-16)10-22-12-17-18(13-22)23(20(25)19(17)24)11-14-4-2-1-3-5-14/h1-9,17-19,24H,10-13H2/t17-,18+,19-/m0/s1. The first-order valence-corrected chi connectivity index (χ1v) is 8.99. The van der Waals surface area contributed by atoms with E-state index in [2.05, 4.69) is 4.90 Å². The molecule has 3 atom stereocenters. The lowest BCUT2D eigenvalue weighted by Gasteiger charge is -2.25. The summed E-state index contributed by atoms with van der Waals surface area (Å²) in [6, 6.07) is 17.9. The number of hydrogen-bond donors (Lipinski definition) is 1. The van der Waals surface area contributed by atoms with Gasteiger partial charge in [0.2, 0.25) is 0 Å². The van der Waals surface area contributed by atoms with Gasteiger partial charge in [-0.3, -0.25) is 9.69 Å². The van der Waals surface area contributed by atoms with Crippen LogP contribution in [-0.2, 0) is 17.9 Å². The van der Waals surface area contributed by atoms with Gasteiger partial charge in [-0.15, -0.1) is 0 Å². The molecule has 2 aromatic carbocycles. The van der Waals surface area contributed by atoms with E-state index >= 15 is 0 Å². The predicted octanol–water partition coefficient (Wildman–Crippen LogP) is 2.54. The van der Waals surface area contributed by atoms with Gasteiger partial charge in [-0.05, 0) is 23.3 Å². The third-order valence-corrected chi connectivity index (χ3v) is 5.52. The van der Waals surface area contributed by atoms with Crippen molar-refractivity contribution in [2.24, 2.45) is 5.92 Å². The highest BCUT2D eigenvalue weighted by atomic mass is 35.5. The molecular formula is C20H21ClN2O2. The number of likely N-dealkylation sites (tertiary alicyclic amines) is 2. The summed E-state index contributed by atoms with van der Waals surface area (Å²) in [4.78, 5) is 16.6. The van der Waals surface area contributed by atoms with Gasteiger partial charge in [0.15, 0.2) is 0 Å². The highest BCUT2D eigenvalue weighted by Crippen LogP contribution is 2.34. The zero-order chi connectivity index (χ0) is 17.4. The van der Waals surface area contributed by atoms with Gasteiger partial charge in [-0.2, -0.15) is 0 Å². The van der Waals surface area contributed by atoms with E-state index in [1.54, 1.807) is 0 Å². The lowest BCUT2D eigenvalue weighted by atomic mass is 10.0. The maximum Gasteiger partial charge on any atom is 0.252 e. The Labute approximate surface area is 152 Å². The van der Waals surface area contributed by atoms with Gasteiger partial charge in [0, 0.05) is 37.1 Å². The molecule has 4 rings (SSSR count). The van der Waals surface area contributed by atoms with Crippen LogP contribution in [0.25, 0.3) is 0 Å². The fourth-order valence-electron chi connectivity index (χ4n) is 4.00. The number of aliphatic hydroxyl groups excluding tert-OH is 1. The number of aliphatic hydroxyl groups is 1. The number of nitrogens with zero attached hydrogens (tertiary/aromatic N) is 2. The van der Waals surface area contributed by atoms with Crippen LogP contribution >= 0.6 is 11.6 Å². The zero-order valence-electron chi connectivity index (χ0n) is 13.9.